The molecular weight excluding hydrogens is 228 g/mol. The second-order valence-electron chi connectivity index (χ2n) is 3.68. The number of amidine groups is 1. The monoisotopic (exact) mass is 240 g/mol. The van der Waals surface area contributed by atoms with Crippen LogP contribution in [0.15, 0.2) is 16.7 Å². The van der Waals surface area contributed by atoms with E-state index >= 15 is 0 Å². The Kier molecular flexibility index (Phi) is 2.78. The van der Waals surface area contributed by atoms with Gasteiger partial charge in [0.15, 0.2) is 5.84 Å². The first-order chi connectivity index (χ1) is 7.69. The quantitative estimate of drug-likeness (QED) is 0.304. The minimum absolute atomic E-state index is 0.0101. The van der Waals surface area contributed by atoms with Gasteiger partial charge in [0.05, 0.1) is 6.54 Å². The first-order valence-electron chi connectivity index (χ1n) is 4.84. The van der Waals surface area contributed by atoms with Crippen LogP contribution >= 0.6 is 11.3 Å². The Balaban J connectivity index is 1.94. The average Bonchev–Trinajstić information content (AvgIpc) is 2.95. The van der Waals surface area contributed by atoms with Gasteiger partial charge in [0, 0.05) is 11.6 Å². The predicted molar refractivity (Wildman–Crippen MR) is 59.0 cm³/mol. The molecule has 0 saturated heterocycles. The molecule has 2 rings (SSSR count). The Bertz CT molecular complexity index is 411. The molecule has 1 saturated carbocycles. The first kappa shape index (κ1) is 10.9. The average molecular weight is 240 g/mol. The molecule has 1 aromatic rings. The molecule has 4 N–H and O–H groups in total. The lowest BCUT2D eigenvalue weighted by Gasteiger charge is -2.12. The molecule has 0 unspecified atom stereocenters. The van der Waals surface area contributed by atoms with Crippen LogP contribution in [0.3, 0.4) is 0 Å². The minimum atomic E-state index is -0.786. The van der Waals surface area contributed by atoms with E-state index in [2.05, 4.69) is 15.5 Å². The molecule has 0 aliphatic heterocycles. The van der Waals surface area contributed by atoms with Crippen LogP contribution in [0.5, 0.6) is 0 Å². The van der Waals surface area contributed by atoms with Gasteiger partial charge in [-0.05, 0) is 12.8 Å². The lowest BCUT2D eigenvalue weighted by atomic mass is 10.1. The first-order valence-corrected chi connectivity index (χ1v) is 5.72. The Labute approximate surface area is 96.2 Å². The third-order valence-corrected chi connectivity index (χ3v) is 3.45. The normalized spacial score (nSPS) is 18.1. The van der Waals surface area contributed by atoms with Crippen molar-refractivity contribution in [1.29, 1.82) is 0 Å². The number of carbonyl (C=O) groups is 1. The molecule has 0 atom stereocenters. The number of oxime groups is 1. The Morgan fingerprint density at radius 1 is 1.75 bits per heavy atom. The lowest BCUT2D eigenvalue weighted by molar-refractivity contribution is -0.124. The highest BCUT2D eigenvalue weighted by molar-refractivity contribution is 7.09. The fraction of sp³-hybridized carbons (Fsp3) is 0.444. The number of carbonyl (C=O) groups excluding carboxylic acids is 1. The maximum absolute atomic E-state index is 11.8. The summed E-state index contributed by atoms with van der Waals surface area (Å²) in [6, 6.07) is 0. The van der Waals surface area contributed by atoms with Gasteiger partial charge in [0.2, 0.25) is 5.91 Å². The maximum Gasteiger partial charge on any atom is 0.234 e. The Hall–Kier alpha value is -1.63. The smallest absolute Gasteiger partial charge is 0.234 e. The SMILES string of the molecule is N/C(=N/O)C1(C(=O)NCc2nccs2)CC1. The fourth-order valence-corrected chi connectivity index (χ4v) is 2.04. The van der Waals surface area contributed by atoms with Gasteiger partial charge in [-0.3, -0.25) is 4.79 Å². The maximum atomic E-state index is 11.8. The molecule has 1 aliphatic carbocycles. The lowest BCUT2D eigenvalue weighted by Crippen LogP contribution is -2.40. The van der Waals surface area contributed by atoms with Gasteiger partial charge >= 0.3 is 0 Å². The Morgan fingerprint density at radius 3 is 3.00 bits per heavy atom. The molecule has 7 heteroatoms. The van der Waals surface area contributed by atoms with Crippen molar-refractivity contribution in [3.63, 3.8) is 0 Å². The van der Waals surface area contributed by atoms with Gasteiger partial charge in [-0.25, -0.2) is 4.98 Å². The van der Waals surface area contributed by atoms with Crippen LogP contribution in [0.4, 0.5) is 0 Å². The second kappa shape index (κ2) is 4.09. The highest BCUT2D eigenvalue weighted by atomic mass is 32.1. The van der Waals surface area contributed by atoms with Gasteiger partial charge < -0.3 is 16.3 Å². The van der Waals surface area contributed by atoms with Gasteiger partial charge in [-0.2, -0.15) is 0 Å². The molecule has 1 fully saturated rings. The number of nitrogens with zero attached hydrogens (tertiary/aromatic N) is 2. The van der Waals surface area contributed by atoms with E-state index in [4.69, 9.17) is 10.9 Å². The van der Waals surface area contributed by atoms with Crippen LogP contribution in [0.2, 0.25) is 0 Å². The van der Waals surface area contributed by atoms with Crippen LogP contribution < -0.4 is 11.1 Å². The summed E-state index contributed by atoms with van der Waals surface area (Å²) in [5, 5.41) is 16.9. The van der Waals surface area contributed by atoms with E-state index in [1.165, 1.54) is 11.3 Å². The van der Waals surface area contributed by atoms with Gasteiger partial charge in [0.1, 0.15) is 10.4 Å². The molecule has 86 valence electrons. The number of hydrogen-bond donors (Lipinski definition) is 3. The van der Waals surface area contributed by atoms with Gasteiger partial charge in [-0.1, -0.05) is 5.16 Å². The van der Waals surface area contributed by atoms with Crippen LogP contribution in [-0.2, 0) is 11.3 Å². The summed E-state index contributed by atoms with van der Waals surface area (Å²) >= 11 is 1.47. The zero-order valence-electron chi connectivity index (χ0n) is 8.51. The summed E-state index contributed by atoms with van der Waals surface area (Å²) in [5.41, 5.74) is 4.70. The molecule has 1 aromatic heterocycles. The highest BCUT2D eigenvalue weighted by Crippen LogP contribution is 2.46. The number of rotatable bonds is 4. The van der Waals surface area contributed by atoms with Crippen molar-refractivity contribution in [2.75, 3.05) is 0 Å². The summed E-state index contributed by atoms with van der Waals surface area (Å²) in [6.45, 7) is 0.386. The van der Waals surface area contributed by atoms with E-state index in [0.29, 0.717) is 19.4 Å². The van der Waals surface area contributed by atoms with Crippen molar-refractivity contribution < 1.29 is 10.0 Å². The number of thiazole rings is 1. The van der Waals surface area contributed by atoms with Crippen LogP contribution in [0.1, 0.15) is 17.8 Å². The van der Waals surface area contributed by atoms with Crippen molar-refractivity contribution in [1.82, 2.24) is 10.3 Å². The molecular formula is C9H12N4O2S. The molecule has 0 spiro atoms. The second-order valence-corrected chi connectivity index (χ2v) is 4.65. The van der Waals surface area contributed by atoms with Crippen molar-refractivity contribution in [3.05, 3.63) is 16.6 Å². The predicted octanol–water partition coefficient (Wildman–Crippen LogP) is 0.286. The molecule has 16 heavy (non-hydrogen) atoms. The summed E-state index contributed by atoms with van der Waals surface area (Å²) in [5.74, 6) is -0.206. The van der Waals surface area contributed by atoms with E-state index in [1.54, 1.807) is 6.20 Å². The summed E-state index contributed by atoms with van der Waals surface area (Å²) < 4.78 is 0. The van der Waals surface area contributed by atoms with Crippen molar-refractivity contribution in [3.8, 4) is 0 Å². The number of nitrogens with one attached hydrogen (secondary N) is 1. The third kappa shape index (κ3) is 1.85. The number of hydrogen-bond acceptors (Lipinski definition) is 5. The number of amides is 1. The van der Waals surface area contributed by atoms with E-state index in [1.807, 2.05) is 5.38 Å². The van der Waals surface area contributed by atoms with E-state index < -0.39 is 5.41 Å². The third-order valence-electron chi connectivity index (χ3n) is 2.67. The van der Waals surface area contributed by atoms with Crippen molar-refractivity contribution >= 4 is 23.1 Å². The van der Waals surface area contributed by atoms with E-state index in [9.17, 15) is 4.79 Å². The zero-order chi connectivity index (χ0) is 11.6. The largest absolute Gasteiger partial charge is 0.409 e. The van der Waals surface area contributed by atoms with E-state index in [-0.39, 0.29) is 11.7 Å². The molecule has 1 heterocycles. The van der Waals surface area contributed by atoms with Gasteiger partial charge in [-0.15, -0.1) is 11.3 Å². The molecule has 0 bridgehead atoms. The van der Waals surface area contributed by atoms with Gasteiger partial charge in [0.25, 0.3) is 0 Å². The molecule has 6 nitrogen and oxygen atoms in total. The number of nitrogens with two attached hydrogens (primary N) is 1. The summed E-state index contributed by atoms with van der Waals surface area (Å²) in [4.78, 5) is 15.9. The molecule has 0 radical (unpaired) electrons. The van der Waals surface area contributed by atoms with E-state index in [0.717, 1.165) is 5.01 Å². The zero-order valence-corrected chi connectivity index (χ0v) is 9.33. The summed E-state index contributed by atoms with van der Waals surface area (Å²) in [6.07, 6.45) is 2.95. The topological polar surface area (TPSA) is 101 Å². The standard InChI is InChI=1S/C9H12N4O2S/c10-7(13-15)9(1-2-9)8(14)12-5-6-11-3-4-16-6/h3-4,15H,1-2,5H2,(H2,10,13)(H,12,14). The molecule has 0 aromatic carbocycles. The molecule has 1 aliphatic rings. The summed E-state index contributed by atoms with van der Waals surface area (Å²) in [7, 11) is 0. The van der Waals surface area contributed by atoms with Crippen LogP contribution in [0.25, 0.3) is 0 Å². The Morgan fingerprint density at radius 2 is 2.50 bits per heavy atom. The van der Waals surface area contributed by atoms with Crippen LogP contribution in [-0.4, -0.2) is 21.9 Å². The van der Waals surface area contributed by atoms with Crippen molar-refractivity contribution in [2.45, 2.75) is 19.4 Å². The number of aromatic nitrogens is 1. The van der Waals surface area contributed by atoms with Crippen molar-refractivity contribution in [2.24, 2.45) is 16.3 Å². The van der Waals surface area contributed by atoms with Crippen LogP contribution in [0, 0.1) is 5.41 Å². The minimum Gasteiger partial charge on any atom is -0.409 e. The fourth-order valence-electron chi connectivity index (χ4n) is 1.49. The molecule has 1 amide bonds. The highest BCUT2D eigenvalue weighted by Gasteiger charge is 2.54.